The average Bonchev–Trinajstić information content (AvgIpc) is 2.59. The van der Waals surface area contributed by atoms with Gasteiger partial charge in [0.1, 0.15) is 12.4 Å². The molecule has 1 aromatic carbocycles. The third-order valence-electron chi connectivity index (χ3n) is 2.25. The Morgan fingerprint density at radius 2 is 2.43 bits per heavy atom. The summed E-state index contributed by atoms with van der Waals surface area (Å²) in [6.45, 7) is 0.472. The van der Waals surface area contributed by atoms with Crippen LogP contribution in [0.25, 0.3) is 0 Å². The molecular formula is C10H11NO3. The predicted octanol–water partition coefficient (Wildman–Crippen LogP) is 0.865. The molecule has 0 spiro atoms. The first-order valence-electron chi connectivity index (χ1n) is 4.33. The number of methoxy groups -OCH3 is 1. The second-order valence-electron chi connectivity index (χ2n) is 3.16. The van der Waals surface area contributed by atoms with Crippen molar-refractivity contribution in [2.75, 3.05) is 13.7 Å². The summed E-state index contributed by atoms with van der Waals surface area (Å²) in [5.74, 6) is 0.400. The van der Waals surface area contributed by atoms with Crippen molar-refractivity contribution in [3.05, 3.63) is 29.3 Å². The molecule has 4 heteroatoms. The lowest BCUT2D eigenvalue weighted by molar-refractivity contribution is 0.0600. The summed E-state index contributed by atoms with van der Waals surface area (Å²) in [6, 6.07) is 4.99. The monoisotopic (exact) mass is 193 g/mol. The van der Waals surface area contributed by atoms with Gasteiger partial charge in [0.15, 0.2) is 0 Å². The van der Waals surface area contributed by atoms with E-state index in [-0.39, 0.29) is 12.0 Å². The van der Waals surface area contributed by atoms with Crippen LogP contribution in [0.15, 0.2) is 18.2 Å². The Kier molecular flexibility index (Phi) is 2.13. The molecule has 14 heavy (non-hydrogen) atoms. The second kappa shape index (κ2) is 3.31. The van der Waals surface area contributed by atoms with Crippen LogP contribution in [-0.2, 0) is 4.74 Å². The maximum atomic E-state index is 11.2. The van der Waals surface area contributed by atoms with E-state index in [0.717, 1.165) is 11.3 Å². The zero-order valence-electron chi connectivity index (χ0n) is 7.82. The Morgan fingerprint density at radius 1 is 1.64 bits per heavy atom. The third-order valence-corrected chi connectivity index (χ3v) is 2.25. The molecule has 1 unspecified atom stereocenters. The number of benzene rings is 1. The van der Waals surface area contributed by atoms with Crippen LogP contribution in [0.2, 0.25) is 0 Å². The van der Waals surface area contributed by atoms with Crippen molar-refractivity contribution >= 4 is 5.97 Å². The molecule has 0 saturated heterocycles. The summed E-state index contributed by atoms with van der Waals surface area (Å²) < 4.78 is 9.91. The summed E-state index contributed by atoms with van der Waals surface area (Å²) in [5, 5.41) is 0. The molecule has 0 saturated carbocycles. The number of carbonyl (C=O) groups excluding carboxylic acids is 1. The number of ether oxygens (including phenoxy) is 2. The zero-order valence-corrected chi connectivity index (χ0v) is 7.82. The number of rotatable bonds is 1. The van der Waals surface area contributed by atoms with Crippen LogP contribution in [0.4, 0.5) is 0 Å². The van der Waals surface area contributed by atoms with E-state index in [1.807, 2.05) is 0 Å². The third kappa shape index (κ3) is 1.33. The molecule has 1 aliphatic heterocycles. The highest BCUT2D eigenvalue weighted by atomic mass is 16.5. The van der Waals surface area contributed by atoms with Gasteiger partial charge in [0.2, 0.25) is 0 Å². The fourth-order valence-corrected chi connectivity index (χ4v) is 1.48. The van der Waals surface area contributed by atoms with Crippen LogP contribution in [0.1, 0.15) is 22.0 Å². The molecule has 1 heterocycles. The van der Waals surface area contributed by atoms with Gasteiger partial charge in [-0.05, 0) is 18.2 Å². The van der Waals surface area contributed by atoms with Crippen LogP contribution in [0.3, 0.4) is 0 Å². The van der Waals surface area contributed by atoms with Crippen molar-refractivity contribution in [1.82, 2.24) is 0 Å². The minimum Gasteiger partial charge on any atom is -0.491 e. The second-order valence-corrected chi connectivity index (χ2v) is 3.16. The lowest BCUT2D eigenvalue weighted by Crippen LogP contribution is -2.11. The van der Waals surface area contributed by atoms with Gasteiger partial charge in [-0.2, -0.15) is 0 Å². The van der Waals surface area contributed by atoms with Crippen molar-refractivity contribution < 1.29 is 14.3 Å². The van der Waals surface area contributed by atoms with E-state index in [0.29, 0.717) is 12.2 Å². The maximum absolute atomic E-state index is 11.2. The predicted molar refractivity (Wildman–Crippen MR) is 50.2 cm³/mol. The molecule has 0 amide bonds. The SMILES string of the molecule is COC(=O)c1ccc2c(c1)C(N)CO2. The van der Waals surface area contributed by atoms with E-state index in [1.54, 1.807) is 18.2 Å². The highest BCUT2D eigenvalue weighted by Gasteiger charge is 2.21. The highest BCUT2D eigenvalue weighted by molar-refractivity contribution is 5.89. The number of carbonyl (C=O) groups is 1. The number of fused-ring (bicyclic) bond motifs is 1. The van der Waals surface area contributed by atoms with Gasteiger partial charge in [0, 0.05) is 5.56 Å². The van der Waals surface area contributed by atoms with Crippen LogP contribution < -0.4 is 10.5 Å². The van der Waals surface area contributed by atoms with Crippen LogP contribution in [0.5, 0.6) is 5.75 Å². The van der Waals surface area contributed by atoms with Gasteiger partial charge in [-0.15, -0.1) is 0 Å². The molecule has 2 N–H and O–H groups in total. The molecule has 4 nitrogen and oxygen atoms in total. The molecule has 1 aliphatic rings. The Bertz CT molecular complexity index is 376. The molecule has 0 fully saturated rings. The number of esters is 1. The van der Waals surface area contributed by atoms with Gasteiger partial charge in [-0.3, -0.25) is 0 Å². The van der Waals surface area contributed by atoms with E-state index in [1.165, 1.54) is 7.11 Å². The number of hydrogen-bond acceptors (Lipinski definition) is 4. The first kappa shape index (κ1) is 9.02. The van der Waals surface area contributed by atoms with Crippen LogP contribution in [0, 0.1) is 0 Å². The van der Waals surface area contributed by atoms with Gasteiger partial charge in [-0.25, -0.2) is 4.79 Å². The fraction of sp³-hybridized carbons (Fsp3) is 0.300. The lowest BCUT2D eigenvalue weighted by atomic mass is 10.1. The Morgan fingerprint density at radius 3 is 3.14 bits per heavy atom. The average molecular weight is 193 g/mol. The number of hydrogen-bond donors (Lipinski definition) is 1. The quantitative estimate of drug-likeness (QED) is 0.672. The normalized spacial score (nSPS) is 18.6. The molecule has 0 radical (unpaired) electrons. The first-order valence-corrected chi connectivity index (χ1v) is 4.33. The van der Waals surface area contributed by atoms with Crippen molar-refractivity contribution in [2.45, 2.75) is 6.04 Å². The highest BCUT2D eigenvalue weighted by Crippen LogP contribution is 2.31. The van der Waals surface area contributed by atoms with E-state index < -0.39 is 0 Å². The van der Waals surface area contributed by atoms with Crippen molar-refractivity contribution in [3.8, 4) is 5.75 Å². The number of nitrogens with two attached hydrogens (primary N) is 1. The first-order chi connectivity index (χ1) is 6.72. The summed E-state index contributed by atoms with van der Waals surface area (Å²) in [4.78, 5) is 11.2. The molecule has 0 aliphatic carbocycles. The summed E-state index contributed by atoms with van der Waals surface area (Å²) >= 11 is 0. The molecule has 0 aromatic heterocycles. The molecular weight excluding hydrogens is 182 g/mol. The maximum Gasteiger partial charge on any atom is 0.337 e. The summed E-state index contributed by atoms with van der Waals surface area (Å²) in [6.07, 6.45) is 0. The van der Waals surface area contributed by atoms with Gasteiger partial charge >= 0.3 is 5.97 Å². The summed E-state index contributed by atoms with van der Waals surface area (Å²) in [5.41, 5.74) is 7.15. The van der Waals surface area contributed by atoms with Gasteiger partial charge < -0.3 is 15.2 Å². The molecule has 74 valence electrons. The van der Waals surface area contributed by atoms with Crippen LogP contribution >= 0.6 is 0 Å². The molecule has 1 aromatic rings. The topological polar surface area (TPSA) is 61.5 Å². The molecule has 2 rings (SSSR count). The van der Waals surface area contributed by atoms with Crippen molar-refractivity contribution in [1.29, 1.82) is 0 Å². The Hall–Kier alpha value is -1.55. The fourth-order valence-electron chi connectivity index (χ4n) is 1.48. The standard InChI is InChI=1S/C10H11NO3/c1-13-10(12)6-2-3-9-7(4-6)8(11)5-14-9/h2-4,8H,5,11H2,1H3. The van der Waals surface area contributed by atoms with Crippen molar-refractivity contribution in [3.63, 3.8) is 0 Å². The van der Waals surface area contributed by atoms with E-state index in [2.05, 4.69) is 4.74 Å². The van der Waals surface area contributed by atoms with E-state index >= 15 is 0 Å². The van der Waals surface area contributed by atoms with Gasteiger partial charge in [0.25, 0.3) is 0 Å². The lowest BCUT2D eigenvalue weighted by Gasteiger charge is -2.03. The molecule has 1 atom stereocenters. The Balaban J connectivity index is 2.39. The minimum absolute atomic E-state index is 0.144. The molecule has 0 bridgehead atoms. The largest absolute Gasteiger partial charge is 0.491 e. The summed E-state index contributed by atoms with van der Waals surface area (Å²) in [7, 11) is 1.35. The van der Waals surface area contributed by atoms with E-state index in [9.17, 15) is 4.79 Å². The Labute approximate surface area is 81.6 Å². The van der Waals surface area contributed by atoms with Crippen LogP contribution in [-0.4, -0.2) is 19.7 Å². The minimum atomic E-state index is -0.355. The van der Waals surface area contributed by atoms with Crippen molar-refractivity contribution in [2.24, 2.45) is 5.73 Å². The van der Waals surface area contributed by atoms with Gasteiger partial charge in [0.05, 0.1) is 18.7 Å². The zero-order chi connectivity index (χ0) is 10.1. The van der Waals surface area contributed by atoms with E-state index in [4.69, 9.17) is 10.5 Å². The van der Waals surface area contributed by atoms with Gasteiger partial charge in [-0.1, -0.05) is 0 Å². The smallest absolute Gasteiger partial charge is 0.337 e.